The van der Waals surface area contributed by atoms with E-state index in [1.165, 1.54) is 22.0 Å². The van der Waals surface area contributed by atoms with Crippen LogP contribution in [0.2, 0.25) is 0 Å². The number of sulfonamides is 1. The molecule has 0 aliphatic carbocycles. The van der Waals surface area contributed by atoms with Crippen molar-refractivity contribution in [3.8, 4) is 5.75 Å². The second-order valence-corrected chi connectivity index (χ2v) is 8.82. The highest BCUT2D eigenvalue weighted by Crippen LogP contribution is 2.18. The number of amides is 1. The van der Waals surface area contributed by atoms with Crippen LogP contribution in [0.15, 0.2) is 53.4 Å². The largest absolute Gasteiger partial charge is 0.484 e. The van der Waals surface area contributed by atoms with Gasteiger partial charge in [0.2, 0.25) is 10.0 Å². The van der Waals surface area contributed by atoms with Crippen LogP contribution in [-0.2, 0) is 21.2 Å². The molecule has 0 spiro atoms. The molecule has 6 nitrogen and oxygen atoms in total. The van der Waals surface area contributed by atoms with E-state index in [2.05, 4.69) is 6.92 Å². The Morgan fingerprint density at radius 2 is 1.69 bits per heavy atom. The van der Waals surface area contributed by atoms with Crippen molar-refractivity contribution in [3.63, 3.8) is 0 Å². The molecule has 2 aromatic rings. The minimum absolute atomic E-state index is 0.0533. The molecule has 0 N–H and O–H groups in total. The third-order valence-electron chi connectivity index (χ3n) is 4.95. The summed E-state index contributed by atoms with van der Waals surface area (Å²) in [4.78, 5) is 14.2. The number of hydrogen-bond acceptors (Lipinski definition) is 4. The summed E-state index contributed by atoms with van der Waals surface area (Å²) in [6.45, 7) is 3.23. The van der Waals surface area contributed by atoms with E-state index in [1.807, 2.05) is 24.3 Å². The number of hydrogen-bond donors (Lipinski definition) is 0. The summed E-state index contributed by atoms with van der Waals surface area (Å²) < 4.78 is 45.5. The summed E-state index contributed by atoms with van der Waals surface area (Å²) in [5.41, 5.74) is 1.19. The number of carbonyl (C=O) groups excluding carboxylic acids is 1. The lowest BCUT2D eigenvalue weighted by Gasteiger charge is -2.22. The maximum Gasteiger partial charge on any atom is 0.260 e. The Hall–Kier alpha value is -2.45. The molecule has 1 amide bonds. The Morgan fingerprint density at radius 3 is 2.34 bits per heavy atom. The Balaban J connectivity index is 1.57. The highest BCUT2D eigenvalue weighted by molar-refractivity contribution is 7.89. The Morgan fingerprint density at radius 1 is 1.00 bits per heavy atom. The predicted octanol–water partition coefficient (Wildman–Crippen LogP) is 2.69. The van der Waals surface area contributed by atoms with Crippen molar-refractivity contribution in [3.05, 3.63) is 59.9 Å². The molecule has 0 radical (unpaired) electrons. The molecular formula is C21H25FN2O4S. The van der Waals surface area contributed by atoms with Gasteiger partial charge in [-0.2, -0.15) is 4.31 Å². The summed E-state index contributed by atoms with van der Waals surface area (Å²) in [5.74, 6) is -0.0302. The van der Waals surface area contributed by atoms with E-state index in [-0.39, 0.29) is 30.5 Å². The van der Waals surface area contributed by atoms with E-state index in [9.17, 15) is 17.6 Å². The summed E-state index contributed by atoms with van der Waals surface area (Å²) >= 11 is 0. The molecule has 1 heterocycles. The van der Waals surface area contributed by atoms with Gasteiger partial charge >= 0.3 is 0 Å². The second kappa shape index (κ2) is 9.37. The van der Waals surface area contributed by atoms with Crippen molar-refractivity contribution in [1.82, 2.24) is 9.21 Å². The maximum atomic E-state index is 13.1. The number of aryl methyl sites for hydroxylation is 1. The quantitative estimate of drug-likeness (QED) is 0.721. The molecule has 1 aliphatic rings. The fraction of sp³-hybridized carbons (Fsp3) is 0.381. The van der Waals surface area contributed by atoms with E-state index < -0.39 is 15.8 Å². The van der Waals surface area contributed by atoms with E-state index in [4.69, 9.17) is 4.74 Å². The van der Waals surface area contributed by atoms with Crippen molar-refractivity contribution >= 4 is 15.9 Å². The SMILES string of the molecule is CCc1ccc(OCC(=O)N2CCCN(S(=O)(=O)c3ccc(F)cc3)CC2)cc1. The molecule has 3 rings (SSSR count). The van der Waals surface area contributed by atoms with E-state index >= 15 is 0 Å². The first-order valence-corrected chi connectivity index (χ1v) is 11.1. The number of halogens is 1. The number of ether oxygens (including phenoxy) is 1. The molecule has 29 heavy (non-hydrogen) atoms. The molecule has 1 aliphatic heterocycles. The first kappa shape index (κ1) is 21.3. The van der Waals surface area contributed by atoms with Gasteiger partial charge in [-0.1, -0.05) is 19.1 Å². The van der Waals surface area contributed by atoms with Crippen molar-refractivity contribution in [2.24, 2.45) is 0 Å². The van der Waals surface area contributed by atoms with Gasteiger partial charge in [-0.15, -0.1) is 0 Å². The topological polar surface area (TPSA) is 66.9 Å². The smallest absolute Gasteiger partial charge is 0.260 e. The Labute approximate surface area is 170 Å². The molecule has 2 aromatic carbocycles. The van der Waals surface area contributed by atoms with Crippen LogP contribution >= 0.6 is 0 Å². The molecule has 0 saturated carbocycles. The van der Waals surface area contributed by atoms with Gasteiger partial charge in [-0.3, -0.25) is 4.79 Å². The van der Waals surface area contributed by atoms with Gasteiger partial charge < -0.3 is 9.64 Å². The molecule has 0 aromatic heterocycles. The Kier molecular flexibility index (Phi) is 6.87. The zero-order valence-electron chi connectivity index (χ0n) is 16.4. The standard InChI is InChI=1S/C21H25FN2O4S/c1-2-17-4-8-19(9-5-17)28-16-21(25)23-12-3-13-24(15-14-23)29(26,27)20-10-6-18(22)7-11-20/h4-11H,2-3,12-16H2,1H3. The first-order valence-electron chi connectivity index (χ1n) is 9.65. The molecule has 0 atom stereocenters. The summed E-state index contributed by atoms with van der Waals surface area (Å²) in [5, 5.41) is 0. The van der Waals surface area contributed by atoms with Gasteiger partial charge in [-0.05, 0) is 54.8 Å². The van der Waals surface area contributed by atoms with Crippen LogP contribution in [0.3, 0.4) is 0 Å². The summed E-state index contributed by atoms with van der Waals surface area (Å²) in [6, 6.07) is 12.4. The van der Waals surface area contributed by atoms with Gasteiger partial charge in [0, 0.05) is 26.2 Å². The molecule has 0 unspecified atom stereocenters. The highest BCUT2D eigenvalue weighted by Gasteiger charge is 2.28. The second-order valence-electron chi connectivity index (χ2n) is 6.88. The molecule has 1 saturated heterocycles. The molecular weight excluding hydrogens is 395 g/mol. The number of nitrogens with zero attached hydrogens (tertiary/aromatic N) is 2. The lowest BCUT2D eigenvalue weighted by molar-refractivity contribution is -0.133. The fourth-order valence-corrected chi connectivity index (χ4v) is 4.67. The van der Waals surface area contributed by atoms with Gasteiger partial charge in [0.25, 0.3) is 5.91 Å². The van der Waals surface area contributed by atoms with Crippen molar-refractivity contribution in [2.75, 3.05) is 32.8 Å². The third-order valence-corrected chi connectivity index (χ3v) is 6.87. The monoisotopic (exact) mass is 420 g/mol. The van der Waals surface area contributed by atoms with Crippen molar-refractivity contribution in [1.29, 1.82) is 0 Å². The summed E-state index contributed by atoms with van der Waals surface area (Å²) in [7, 11) is -3.72. The van der Waals surface area contributed by atoms with Crippen LogP contribution in [-0.4, -0.2) is 56.3 Å². The zero-order valence-corrected chi connectivity index (χ0v) is 17.2. The zero-order chi connectivity index (χ0) is 20.9. The minimum atomic E-state index is -3.72. The molecule has 0 bridgehead atoms. The lowest BCUT2D eigenvalue weighted by Crippen LogP contribution is -2.39. The van der Waals surface area contributed by atoms with Crippen LogP contribution in [0.5, 0.6) is 5.75 Å². The molecule has 1 fully saturated rings. The van der Waals surface area contributed by atoms with Gasteiger partial charge in [0.05, 0.1) is 4.90 Å². The molecule has 156 valence electrons. The van der Waals surface area contributed by atoms with Crippen molar-refractivity contribution in [2.45, 2.75) is 24.7 Å². The number of benzene rings is 2. The number of rotatable bonds is 6. The van der Waals surface area contributed by atoms with Crippen LogP contribution in [0.25, 0.3) is 0 Å². The van der Waals surface area contributed by atoms with Gasteiger partial charge in [0.1, 0.15) is 11.6 Å². The highest BCUT2D eigenvalue weighted by atomic mass is 32.2. The van der Waals surface area contributed by atoms with Crippen LogP contribution in [0.1, 0.15) is 18.9 Å². The number of carbonyl (C=O) groups is 1. The average Bonchev–Trinajstić information content (AvgIpc) is 2.99. The third kappa shape index (κ3) is 5.33. The van der Waals surface area contributed by atoms with Crippen LogP contribution in [0, 0.1) is 5.82 Å². The van der Waals surface area contributed by atoms with Crippen LogP contribution in [0.4, 0.5) is 4.39 Å². The normalized spacial score (nSPS) is 15.7. The van der Waals surface area contributed by atoms with Crippen molar-refractivity contribution < 1.29 is 22.3 Å². The summed E-state index contributed by atoms with van der Waals surface area (Å²) in [6.07, 6.45) is 1.46. The average molecular weight is 421 g/mol. The predicted molar refractivity (Wildman–Crippen MR) is 108 cm³/mol. The maximum absolute atomic E-state index is 13.1. The van der Waals surface area contributed by atoms with Gasteiger partial charge in [-0.25, -0.2) is 12.8 Å². The minimum Gasteiger partial charge on any atom is -0.484 e. The Bertz CT molecular complexity index is 930. The van der Waals surface area contributed by atoms with E-state index in [0.29, 0.717) is 25.3 Å². The molecule has 8 heteroatoms. The van der Waals surface area contributed by atoms with E-state index in [0.717, 1.165) is 18.6 Å². The fourth-order valence-electron chi connectivity index (χ4n) is 3.20. The van der Waals surface area contributed by atoms with Crippen LogP contribution < -0.4 is 4.74 Å². The van der Waals surface area contributed by atoms with Gasteiger partial charge in [0.15, 0.2) is 6.61 Å². The van der Waals surface area contributed by atoms with E-state index in [1.54, 1.807) is 4.90 Å². The first-order chi connectivity index (χ1) is 13.9. The lowest BCUT2D eigenvalue weighted by atomic mass is 10.2.